The van der Waals surface area contributed by atoms with Gasteiger partial charge in [-0.15, -0.1) is 0 Å². The zero-order chi connectivity index (χ0) is 15.8. The van der Waals surface area contributed by atoms with E-state index in [9.17, 15) is 4.79 Å². The molecule has 5 heteroatoms. The highest BCUT2D eigenvalue weighted by Crippen LogP contribution is 2.22. The predicted octanol–water partition coefficient (Wildman–Crippen LogP) is 4.02. The van der Waals surface area contributed by atoms with Crippen molar-refractivity contribution in [3.8, 4) is 0 Å². The molecule has 0 aliphatic carbocycles. The number of nitrogens with zero attached hydrogens (tertiary/aromatic N) is 1. The number of rotatable bonds is 7. The Labute approximate surface area is 136 Å². The Kier molecular flexibility index (Phi) is 7.79. The number of aliphatic hydroxyl groups is 1. The van der Waals surface area contributed by atoms with Crippen LogP contribution in [0, 0.1) is 0 Å². The van der Waals surface area contributed by atoms with Gasteiger partial charge in [-0.2, -0.15) is 0 Å². The Bertz CT molecular complexity index is 499. The normalized spacial score (nSPS) is 11.3. The van der Waals surface area contributed by atoms with E-state index < -0.39 is 0 Å². The van der Waals surface area contributed by atoms with E-state index in [-0.39, 0.29) is 18.6 Å². The summed E-state index contributed by atoms with van der Waals surface area (Å²) in [5, 5.41) is 10.2. The van der Waals surface area contributed by atoms with E-state index in [1.165, 1.54) is 6.08 Å². The zero-order valence-corrected chi connectivity index (χ0v) is 13.9. The Hall–Kier alpha value is -1.03. The average molecular weight is 330 g/mol. The lowest BCUT2D eigenvalue weighted by molar-refractivity contribution is -0.128. The van der Waals surface area contributed by atoms with E-state index in [1.54, 1.807) is 29.2 Å². The van der Waals surface area contributed by atoms with Crippen molar-refractivity contribution in [1.29, 1.82) is 0 Å². The van der Waals surface area contributed by atoms with Gasteiger partial charge < -0.3 is 10.0 Å². The number of hydrogen-bond acceptors (Lipinski definition) is 2. The van der Waals surface area contributed by atoms with E-state index in [4.69, 9.17) is 28.3 Å². The fraction of sp³-hybridized carbons (Fsp3) is 0.438. The minimum absolute atomic E-state index is 0.0476. The number of benzene rings is 1. The van der Waals surface area contributed by atoms with E-state index >= 15 is 0 Å². The minimum atomic E-state index is -0.131. The van der Waals surface area contributed by atoms with Crippen molar-refractivity contribution < 1.29 is 9.90 Å². The number of amides is 1. The minimum Gasteiger partial charge on any atom is -0.395 e. The number of carbonyl (C=O) groups is 1. The van der Waals surface area contributed by atoms with Gasteiger partial charge in [-0.25, -0.2) is 0 Å². The molecule has 0 bridgehead atoms. The van der Waals surface area contributed by atoms with Gasteiger partial charge in [0.15, 0.2) is 0 Å². The molecule has 0 fully saturated rings. The van der Waals surface area contributed by atoms with E-state index in [1.807, 2.05) is 13.8 Å². The third-order valence-electron chi connectivity index (χ3n) is 3.37. The maximum absolute atomic E-state index is 12.3. The van der Waals surface area contributed by atoms with Gasteiger partial charge in [0, 0.05) is 28.7 Å². The topological polar surface area (TPSA) is 40.5 Å². The van der Waals surface area contributed by atoms with Crippen LogP contribution < -0.4 is 0 Å². The SMILES string of the molecule is CCC(CC)N(CCO)C(=O)C=Cc1cc(Cl)ccc1Cl. The maximum Gasteiger partial charge on any atom is 0.246 e. The van der Waals surface area contributed by atoms with E-state index in [0.29, 0.717) is 22.2 Å². The van der Waals surface area contributed by atoms with Crippen molar-refractivity contribution in [2.45, 2.75) is 32.7 Å². The first-order valence-electron chi connectivity index (χ1n) is 7.08. The van der Waals surface area contributed by atoms with Crippen molar-refractivity contribution in [3.63, 3.8) is 0 Å². The Morgan fingerprint density at radius 3 is 2.57 bits per heavy atom. The van der Waals surface area contributed by atoms with Gasteiger partial charge in [-0.05, 0) is 42.7 Å². The largest absolute Gasteiger partial charge is 0.395 e. The van der Waals surface area contributed by atoms with Crippen LogP contribution in [0.25, 0.3) is 6.08 Å². The molecule has 0 aliphatic heterocycles. The van der Waals surface area contributed by atoms with Crippen LogP contribution in [0.5, 0.6) is 0 Å². The van der Waals surface area contributed by atoms with Gasteiger partial charge in [0.1, 0.15) is 0 Å². The molecule has 0 spiro atoms. The summed E-state index contributed by atoms with van der Waals surface area (Å²) in [5.74, 6) is -0.131. The number of carbonyl (C=O) groups excluding carboxylic acids is 1. The van der Waals surface area contributed by atoms with Gasteiger partial charge in [0.2, 0.25) is 5.91 Å². The van der Waals surface area contributed by atoms with Crippen LogP contribution in [0.15, 0.2) is 24.3 Å². The zero-order valence-electron chi connectivity index (χ0n) is 12.4. The summed E-state index contributed by atoms with van der Waals surface area (Å²) in [4.78, 5) is 14.0. The Morgan fingerprint density at radius 1 is 1.33 bits per heavy atom. The quantitative estimate of drug-likeness (QED) is 0.767. The van der Waals surface area contributed by atoms with E-state index in [0.717, 1.165) is 12.8 Å². The van der Waals surface area contributed by atoms with Crippen molar-refractivity contribution in [2.75, 3.05) is 13.2 Å². The molecule has 0 saturated heterocycles. The molecule has 3 nitrogen and oxygen atoms in total. The second kappa shape index (κ2) is 9.08. The van der Waals surface area contributed by atoms with Crippen LogP contribution in [0.3, 0.4) is 0 Å². The van der Waals surface area contributed by atoms with Crippen LogP contribution in [0.1, 0.15) is 32.3 Å². The molecule has 1 rings (SSSR count). The molecule has 1 aromatic rings. The smallest absolute Gasteiger partial charge is 0.246 e. The molecule has 21 heavy (non-hydrogen) atoms. The van der Waals surface area contributed by atoms with Crippen molar-refractivity contribution in [2.24, 2.45) is 0 Å². The first-order chi connectivity index (χ1) is 10.0. The van der Waals surface area contributed by atoms with Gasteiger partial charge in [0.05, 0.1) is 6.61 Å². The molecule has 0 saturated carbocycles. The van der Waals surface area contributed by atoms with Crippen molar-refractivity contribution in [3.05, 3.63) is 39.9 Å². The van der Waals surface area contributed by atoms with Gasteiger partial charge in [0.25, 0.3) is 0 Å². The summed E-state index contributed by atoms with van der Waals surface area (Å²) in [6.45, 7) is 4.35. The van der Waals surface area contributed by atoms with Crippen LogP contribution in [0.2, 0.25) is 10.0 Å². The molecule has 0 heterocycles. The third-order valence-corrected chi connectivity index (χ3v) is 3.95. The lowest BCUT2D eigenvalue weighted by atomic mass is 10.1. The highest BCUT2D eigenvalue weighted by molar-refractivity contribution is 6.34. The number of aliphatic hydroxyl groups excluding tert-OH is 1. The van der Waals surface area contributed by atoms with Crippen molar-refractivity contribution >= 4 is 35.2 Å². The summed E-state index contributed by atoms with van der Waals surface area (Å²) >= 11 is 12.0. The summed E-state index contributed by atoms with van der Waals surface area (Å²) in [6.07, 6.45) is 4.84. The second-order valence-corrected chi connectivity index (χ2v) is 5.57. The molecule has 0 aliphatic rings. The molecule has 116 valence electrons. The lowest BCUT2D eigenvalue weighted by Crippen LogP contribution is -2.40. The van der Waals surface area contributed by atoms with Crippen LogP contribution in [-0.4, -0.2) is 35.1 Å². The molecule has 0 aromatic heterocycles. The second-order valence-electron chi connectivity index (χ2n) is 4.72. The summed E-state index contributed by atoms with van der Waals surface area (Å²) in [6, 6.07) is 5.23. The van der Waals surface area contributed by atoms with Gasteiger partial charge in [-0.1, -0.05) is 37.0 Å². The van der Waals surface area contributed by atoms with Crippen LogP contribution in [0.4, 0.5) is 0 Å². The fourth-order valence-electron chi connectivity index (χ4n) is 2.21. The Morgan fingerprint density at radius 2 is 2.00 bits per heavy atom. The number of halogens is 2. The standard InChI is InChI=1S/C16H21Cl2NO2/c1-3-14(4-2)19(9-10-20)16(21)8-5-12-11-13(17)6-7-15(12)18/h5-8,11,14,20H,3-4,9-10H2,1-2H3. The highest BCUT2D eigenvalue weighted by atomic mass is 35.5. The maximum atomic E-state index is 12.3. The molecular formula is C16H21Cl2NO2. The third kappa shape index (κ3) is 5.34. The summed E-state index contributed by atoms with van der Waals surface area (Å²) in [5.41, 5.74) is 0.700. The molecule has 1 amide bonds. The monoisotopic (exact) mass is 329 g/mol. The van der Waals surface area contributed by atoms with Gasteiger partial charge in [-0.3, -0.25) is 4.79 Å². The molecule has 0 radical (unpaired) electrons. The number of hydrogen-bond donors (Lipinski definition) is 1. The highest BCUT2D eigenvalue weighted by Gasteiger charge is 2.18. The molecule has 0 unspecified atom stereocenters. The first-order valence-corrected chi connectivity index (χ1v) is 7.83. The first kappa shape index (κ1) is 18.0. The van der Waals surface area contributed by atoms with Crippen molar-refractivity contribution in [1.82, 2.24) is 4.90 Å². The van der Waals surface area contributed by atoms with Crippen LogP contribution in [-0.2, 0) is 4.79 Å². The summed E-state index contributed by atoms with van der Waals surface area (Å²) in [7, 11) is 0. The predicted molar refractivity (Wildman–Crippen MR) is 88.7 cm³/mol. The van der Waals surface area contributed by atoms with E-state index in [2.05, 4.69) is 0 Å². The van der Waals surface area contributed by atoms with Crippen LogP contribution >= 0.6 is 23.2 Å². The molecule has 1 N–H and O–H groups in total. The fourth-order valence-corrected chi connectivity index (χ4v) is 2.57. The molecule has 0 atom stereocenters. The molecule has 1 aromatic carbocycles. The lowest BCUT2D eigenvalue weighted by Gasteiger charge is -2.29. The molecular weight excluding hydrogens is 309 g/mol. The van der Waals surface area contributed by atoms with Gasteiger partial charge >= 0.3 is 0 Å². The average Bonchev–Trinajstić information content (AvgIpc) is 2.48. The Balaban J connectivity index is 2.89. The summed E-state index contributed by atoms with van der Waals surface area (Å²) < 4.78 is 0.